The summed E-state index contributed by atoms with van der Waals surface area (Å²) < 4.78 is 3.93. The number of amides is 2. The number of hydrogen-bond donors (Lipinski definition) is 1. The zero-order valence-electron chi connectivity index (χ0n) is 20.0. The highest BCUT2D eigenvalue weighted by Crippen LogP contribution is 2.65. The molecule has 0 aliphatic carbocycles. The largest absolute Gasteiger partial charge is 0.461 e. The number of rotatable bonds is 7. The molecule has 2 saturated heterocycles. The van der Waals surface area contributed by atoms with E-state index in [4.69, 9.17) is 4.74 Å². The first-order valence-electron chi connectivity index (χ1n) is 12.2. The van der Waals surface area contributed by atoms with Gasteiger partial charge in [0.15, 0.2) is 0 Å². The fraction of sp³-hybridized carbons (Fsp3) is 0.720. The van der Waals surface area contributed by atoms with Gasteiger partial charge in [0.25, 0.3) is 0 Å². The number of fused-ring (bicyclic) bond motifs is 2. The van der Waals surface area contributed by atoms with E-state index < -0.39 is 33.4 Å². The first kappa shape index (κ1) is 24.3. The SMILES string of the molecule is CCCCCN1CC=C[C@]23S[C@]4(C)C=CCOC(=O)[C@@H]4[C@H]2C(=O)N([C@@H](CO)C(C)C)C3C1=O. The van der Waals surface area contributed by atoms with Gasteiger partial charge in [-0.25, -0.2) is 0 Å². The van der Waals surface area contributed by atoms with E-state index in [-0.39, 0.29) is 36.9 Å². The maximum Gasteiger partial charge on any atom is 0.311 e. The predicted octanol–water partition coefficient (Wildman–Crippen LogP) is 2.39. The maximum absolute atomic E-state index is 14.1. The van der Waals surface area contributed by atoms with Gasteiger partial charge in [-0.15, -0.1) is 11.8 Å². The third-order valence-corrected chi connectivity index (χ3v) is 9.48. The highest BCUT2D eigenvalue weighted by atomic mass is 32.2. The molecule has 4 aliphatic heterocycles. The second-order valence-corrected chi connectivity index (χ2v) is 12.0. The predicted molar refractivity (Wildman–Crippen MR) is 127 cm³/mol. The lowest BCUT2D eigenvalue weighted by Crippen LogP contribution is -2.58. The summed E-state index contributed by atoms with van der Waals surface area (Å²) in [5, 5.41) is 10.3. The van der Waals surface area contributed by atoms with Crippen molar-refractivity contribution in [2.45, 2.75) is 68.5 Å². The van der Waals surface area contributed by atoms with Crippen molar-refractivity contribution in [3.05, 3.63) is 24.3 Å². The number of unbranched alkanes of at least 4 members (excludes halogenated alkanes) is 2. The van der Waals surface area contributed by atoms with Crippen LogP contribution in [0.5, 0.6) is 0 Å². The third kappa shape index (κ3) is 3.73. The zero-order chi connectivity index (χ0) is 24.0. The van der Waals surface area contributed by atoms with Crippen LogP contribution in [0.25, 0.3) is 0 Å². The van der Waals surface area contributed by atoms with Crippen LogP contribution >= 0.6 is 11.8 Å². The number of likely N-dealkylation sites (tertiary alicyclic amines) is 1. The molecule has 33 heavy (non-hydrogen) atoms. The van der Waals surface area contributed by atoms with E-state index in [9.17, 15) is 19.5 Å². The first-order chi connectivity index (χ1) is 15.7. The molecule has 4 rings (SSSR count). The van der Waals surface area contributed by atoms with E-state index in [1.54, 1.807) is 16.7 Å². The zero-order valence-corrected chi connectivity index (χ0v) is 20.8. The number of ether oxygens (including phenoxy) is 1. The van der Waals surface area contributed by atoms with Gasteiger partial charge in [-0.3, -0.25) is 14.4 Å². The number of carbonyl (C=O) groups excluding carboxylic acids is 3. The minimum Gasteiger partial charge on any atom is -0.461 e. The summed E-state index contributed by atoms with van der Waals surface area (Å²) in [6, 6.07) is -1.26. The monoisotopic (exact) mass is 476 g/mol. The Morgan fingerprint density at radius 1 is 1.15 bits per heavy atom. The molecule has 182 valence electrons. The first-order valence-corrected chi connectivity index (χ1v) is 13.0. The quantitative estimate of drug-likeness (QED) is 0.345. The van der Waals surface area contributed by atoms with Crippen molar-refractivity contribution in [1.82, 2.24) is 9.80 Å². The molecule has 0 aromatic heterocycles. The van der Waals surface area contributed by atoms with E-state index >= 15 is 0 Å². The van der Waals surface area contributed by atoms with Gasteiger partial charge in [-0.2, -0.15) is 0 Å². The van der Waals surface area contributed by atoms with E-state index in [1.165, 1.54) is 0 Å². The third-order valence-electron chi connectivity index (χ3n) is 7.68. The number of carbonyl (C=O) groups is 3. The summed E-state index contributed by atoms with van der Waals surface area (Å²) in [5.41, 5.74) is 0. The van der Waals surface area contributed by atoms with Crippen molar-refractivity contribution in [2.75, 3.05) is 26.3 Å². The van der Waals surface area contributed by atoms with Crippen molar-refractivity contribution in [3.8, 4) is 0 Å². The Bertz CT molecular complexity index is 873. The molecule has 0 saturated carbocycles. The number of hydrogen-bond acceptors (Lipinski definition) is 6. The molecule has 2 amide bonds. The molecule has 4 heterocycles. The Morgan fingerprint density at radius 3 is 2.58 bits per heavy atom. The number of nitrogens with zero attached hydrogens (tertiary/aromatic N) is 2. The number of aliphatic hydroxyl groups is 1. The van der Waals surface area contributed by atoms with Gasteiger partial charge < -0.3 is 19.6 Å². The van der Waals surface area contributed by atoms with Crippen molar-refractivity contribution in [2.24, 2.45) is 17.8 Å². The van der Waals surface area contributed by atoms with Crippen LogP contribution in [-0.2, 0) is 19.1 Å². The van der Waals surface area contributed by atoms with Gasteiger partial charge in [0.2, 0.25) is 11.8 Å². The van der Waals surface area contributed by atoms with Crippen LogP contribution in [0.1, 0.15) is 47.0 Å². The molecule has 1 spiro atoms. The van der Waals surface area contributed by atoms with Crippen LogP contribution in [0.2, 0.25) is 0 Å². The molecule has 1 N–H and O–H groups in total. The number of cyclic esters (lactones) is 1. The highest BCUT2D eigenvalue weighted by molar-refractivity contribution is 8.02. The lowest BCUT2D eigenvalue weighted by atomic mass is 9.75. The Labute approximate surface area is 200 Å². The fourth-order valence-corrected chi connectivity index (χ4v) is 8.21. The minimum atomic E-state index is -0.879. The molecule has 4 aliphatic rings. The van der Waals surface area contributed by atoms with Gasteiger partial charge >= 0.3 is 5.97 Å². The lowest BCUT2D eigenvalue weighted by Gasteiger charge is -2.40. The second kappa shape index (κ2) is 9.10. The molecule has 6 atom stereocenters. The van der Waals surface area contributed by atoms with Crippen LogP contribution < -0.4 is 0 Å². The Morgan fingerprint density at radius 2 is 1.91 bits per heavy atom. The second-order valence-electron chi connectivity index (χ2n) is 10.2. The minimum absolute atomic E-state index is 0.0410. The molecular weight excluding hydrogens is 440 g/mol. The summed E-state index contributed by atoms with van der Waals surface area (Å²) >= 11 is 1.54. The standard InChI is InChI=1S/C25H36N2O5S/c1-5-6-7-12-26-13-8-11-25-18(19-23(31)32-14-9-10-24(19,4)33-25)21(29)27(20(25)22(26)30)17(15-28)16(2)3/h8-11,16-20,28H,5-7,12-15H2,1-4H3/t17-,18-,19-,20?,24+,25-/m0/s1. The topological polar surface area (TPSA) is 87.2 Å². The lowest BCUT2D eigenvalue weighted by molar-refractivity contribution is -0.153. The van der Waals surface area contributed by atoms with Gasteiger partial charge in [-0.05, 0) is 25.3 Å². The number of aliphatic hydroxyl groups excluding tert-OH is 1. The molecule has 0 radical (unpaired) electrons. The van der Waals surface area contributed by atoms with Crippen LogP contribution in [0.3, 0.4) is 0 Å². The van der Waals surface area contributed by atoms with Crippen molar-refractivity contribution in [3.63, 3.8) is 0 Å². The molecule has 1 unspecified atom stereocenters. The van der Waals surface area contributed by atoms with E-state index in [0.717, 1.165) is 19.3 Å². The molecule has 2 fully saturated rings. The maximum atomic E-state index is 14.1. The molecule has 8 heteroatoms. The van der Waals surface area contributed by atoms with Crippen molar-refractivity contribution in [1.29, 1.82) is 0 Å². The molecule has 7 nitrogen and oxygen atoms in total. The van der Waals surface area contributed by atoms with Crippen LogP contribution in [-0.4, -0.2) is 80.6 Å². The van der Waals surface area contributed by atoms with E-state index in [2.05, 4.69) is 6.92 Å². The summed E-state index contributed by atoms with van der Waals surface area (Å²) in [6.07, 6.45) is 10.8. The normalized spacial score (nSPS) is 36.4. The molecule has 0 aromatic rings. The van der Waals surface area contributed by atoms with Gasteiger partial charge in [0.1, 0.15) is 12.6 Å². The highest BCUT2D eigenvalue weighted by Gasteiger charge is 2.74. The van der Waals surface area contributed by atoms with E-state index in [1.807, 2.05) is 50.0 Å². The average molecular weight is 477 g/mol. The number of esters is 1. The Balaban J connectivity index is 1.84. The number of thioether (sulfide) groups is 1. The summed E-state index contributed by atoms with van der Waals surface area (Å²) in [4.78, 5) is 44.8. The van der Waals surface area contributed by atoms with Gasteiger partial charge in [-0.1, -0.05) is 51.8 Å². The van der Waals surface area contributed by atoms with Crippen molar-refractivity contribution < 1.29 is 24.2 Å². The molecular formula is C25H36N2O5S. The smallest absolute Gasteiger partial charge is 0.311 e. The summed E-state index contributed by atoms with van der Waals surface area (Å²) in [6.45, 7) is 9.09. The van der Waals surface area contributed by atoms with Crippen LogP contribution in [0, 0.1) is 17.8 Å². The summed E-state index contributed by atoms with van der Waals surface area (Å²) in [5.74, 6) is -2.14. The molecule has 0 aromatic carbocycles. The van der Waals surface area contributed by atoms with Crippen LogP contribution in [0.4, 0.5) is 0 Å². The van der Waals surface area contributed by atoms with E-state index in [0.29, 0.717) is 13.1 Å². The van der Waals surface area contributed by atoms with Gasteiger partial charge in [0, 0.05) is 17.8 Å². The molecule has 0 bridgehead atoms. The fourth-order valence-electron chi connectivity index (χ4n) is 6.07. The van der Waals surface area contributed by atoms with Crippen LogP contribution in [0.15, 0.2) is 24.3 Å². The summed E-state index contributed by atoms with van der Waals surface area (Å²) in [7, 11) is 0. The van der Waals surface area contributed by atoms with Crippen molar-refractivity contribution >= 4 is 29.5 Å². The van der Waals surface area contributed by atoms with Gasteiger partial charge in [0.05, 0.1) is 29.2 Å². The Hall–Kier alpha value is -1.80. The Kier molecular flexibility index (Phi) is 6.71. The average Bonchev–Trinajstić information content (AvgIpc) is 3.02.